The number of amides is 1. The number of hydrogen-bond donors (Lipinski definition) is 1. The molecule has 1 aliphatic heterocycles. The fraction of sp³-hybridized carbons (Fsp3) is 0.833. The molecule has 1 amide bonds. The third-order valence-electron chi connectivity index (χ3n) is 1.86. The molecule has 15 heavy (non-hydrogen) atoms. The smallest absolute Gasteiger partial charge is 0.272 e. The van der Waals surface area contributed by atoms with Gasteiger partial charge in [0.15, 0.2) is 9.84 Å². The standard InChI is InChI=1S/C6H7Cl4NO3S/c7-3-1-15(13,14)2-4(3)11-5(12)6(8,9)10/h3-4H,1-2H2,(H,11,12)/t3-,4-/m0/s1. The molecular weight excluding hydrogens is 308 g/mol. The lowest BCUT2D eigenvalue weighted by atomic mass is 10.2. The highest BCUT2D eigenvalue weighted by molar-refractivity contribution is 7.91. The van der Waals surface area contributed by atoms with Gasteiger partial charge in [-0.1, -0.05) is 34.8 Å². The number of nitrogens with one attached hydrogen (secondary N) is 1. The molecule has 1 fully saturated rings. The van der Waals surface area contributed by atoms with E-state index in [0.717, 1.165) is 0 Å². The highest BCUT2D eigenvalue weighted by Crippen LogP contribution is 2.27. The van der Waals surface area contributed by atoms with Gasteiger partial charge in [0, 0.05) is 0 Å². The Morgan fingerprint density at radius 3 is 2.13 bits per heavy atom. The molecule has 4 nitrogen and oxygen atoms in total. The van der Waals surface area contributed by atoms with Crippen molar-refractivity contribution in [3.05, 3.63) is 0 Å². The SMILES string of the molecule is O=C(N[C@H]1CS(=O)(=O)C[C@@H]1Cl)C(Cl)(Cl)Cl. The van der Waals surface area contributed by atoms with Gasteiger partial charge in [0.1, 0.15) is 0 Å². The molecule has 1 saturated heterocycles. The molecule has 0 aliphatic carbocycles. The van der Waals surface area contributed by atoms with E-state index < -0.39 is 31.0 Å². The third kappa shape index (κ3) is 3.82. The van der Waals surface area contributed by atoms with Gasteiger partial charge in [-0.25, -0.2) is 8.42 Å². The van der Waals surface area contributed by atoms with Gasteiger partial charge in [0.2, 0.25) is 0 Å². The van der Waals surface area contributed by atoms with Crippen molar-refractivity contribution in [2.45, 2.75) is 15.2 Å². The van der Waals surface area contributed by atoms with E-state index in [1.165, 1.54) is 0 Å². The predicted molar refractivity (Wildman–Crippen MR) is 60.5 cm³/mol. The number of alkyl halides is 4. The van der Waals surface area contributed by atoms with Crippen LogP contribution in [0.15, 0.2) is 0 Å². The summed E-state index contributed by atoms with van der Waals surface area (Å²) in [4.78, 5) is 11.2. The quantitative estimate of drug-likeness (QED) is 0.731. The molecule has 0 aromatic heterocycles. The molecule has 1 heterocycles. The number of carbonyl (C=O) groups is 1. The fourth-order valence-electron chi connectivity index (χ4n) is 1.19. The lowest BCUT2D eigenvalue weighted by molar-refractivity contribution is -0.120. The minimum Gasteiger partial charge on any atom is -0.347 e. The van der Waals surface area contributed by atoms with Gasteiger partial charge in [0.25, 0.3) is 9.70 Å². The first-order valence-electron chi connectivity index (χ1n) is 3.84. The molecule has 0 radical (unpaired) electrons. The molecule has 0 aromatic rings. The fourth-order valence-corrected chi connectivity index (χ4v) is 3.90. The first-order valence-corrected chi connectivity index (χ1v) is 7.23. The molecule has 0 unspecified atom stereocenters. The summed E-state index contributed by atoms with van der Waals surface area (Å²) in [5.74, 6) is -1.28. The van der Waals surface area contributed by atoms with Crippen LogP contribution in [0.25, 0.3) is 0 Å². The summed E-state index contributed by atoms with van der Waals surface area (Å²) >= 11 is 21.7. The highest BCUT2D eigenvalue weighted by Gasteiger charge is 2.40. The molecule has 1 rings (SSSR count). The van der Waals surface area contributed by atoms with Crippen molar-refractivity contribution in [2.75, 3.05) is 11.5 Å². The molecule has 88 valence electrons. The lowest BCUT2D eigenvalue weighted by Gasteiger charge is -2.17. The maximum Gasteiger partial charge on any atom is 0.272 e. The summed E-state index contributed by atoms with van der Waals surface area (Å²) in [6.45, 7) is 0. The summed E-state index contributed by atoms with van der Waals surface area (Å²) in [5, 5.41) is 1.59. The van der Waals surface area contributed by atoms with E-state index in [2.05, 4.69) is 5.32 Å². The van der Waals surface area contributed by atoms with Gasteiger partial charge in [0.05, 0.1) is 22.9 Å². The Morgan fingerprint density at radius 1 is 1.27 bits per heavy atom. The summed E-state index contributed by atoms with van der Waals surface area (Å²) < 4.78 is 20.2. The predicted octanol–water partition coefficient (Wildman–Crippen LogP) is 0.877. The molecule has 2 atom stereocenters. The third-order valence-corrected chi connectivity index (χ3v) is 4.75. The van der Waals surface area contributed by atoms with Gasteiger partial charge < -0.3 is 5.32 Å². The van der Waals surface area contributed by atoms with Gasteiger partial charge in [-0.15, -0.1) is 11.6 Å². The summed E-state index contributed by atoms with van der Waals surface area (Å²) in [6, 6.07) is -0.709. The number of halogens is 4. The minimum absolute atomic E-state index is 0.181. The normalized spacial score (nSPS) is 30.1. The molecule has 1 N–H and O–H groups in total. The Bertz CT molecular complexity index is 363. The Kier molecular flexibility index (Phi) is 4.05. The number of rotatable bonds is 1. The van der Waals surface area contributed by atoms with E-state index in [1.54, 1.807) is 0 Å². The van der Waals surface area contributed by atoms with E-state index in [4.69, 9.17) is 46.4 Å². The Labute approximate surface area is 107 Å². The van der Waals surface area contributed by atoms with Crippen LogP contribution in [0, 0.1) is 0 Å². The Morgan fingerprint density at radius 2 is 1.80 bits per heavy atom. The van der Waals surface area contributed by atoms with Gasteiger partial charge in [-0.2, -0.15) is 0 Å². The summed E-state index contributed by atoms with van der Waals surface area (Å²) in [7, 11) is -3.21. The van der Waals surface area contributed by atoms with Crippen LogP contribution in [0.5, 0.6) is 0 Å². The number of hydrogen-bond acceptors (Lipinski definition) is 3. The Balaban J connectivity index is 2.66. The summed E-state index contributed by atoms with van der Waals surface area (Å²) in [6.07, 6.45) is 0. The van der Waals surface area contributed by atoms with Crippen molar-refractivity contribution < 1.29 is 13.2 Å². The van der Waals surface area contributed by atoms with E-state index in [1.807, 2.05) is 0 Å². The zero-order valence-electron chi connectivity index (χ0n) is 7.21. The second-order valence-electron chi connectivity index (χ2n) is 3.17. The number of carbonyl (C=O) groups excluding carboxylic acids is 1. The second kappa shape index (κ2) is 4.45. The van der Waals surface area contributed by atoms with Crippen LogP contribution < -0.4 is 5.32 Å². The van der Waals surface area contributed by atoms with Gasteiger partial charge in [-0.3, -0.25) is 4.79 Å². The van der Waals surface area contributed by atoms with Crippen molar-refractivity contribution in [1.29, 1.82) is 0 Å². The van der Waals surface area contributed by atoms with Crippen LogP contribution in [-0.4, -0.2) is 41.0 Å². The van der Waals surface area contributed by atoms with Crippen molar-refractivity contribution in [3.63, 3.8) is 0 Å². The van der Waals surface area contributed by atoms with Crippen molar-refractivity contribution in [1.82, 2.24) is 5.32 Å². The molecule has 0 spiro atoms. The minimum atomic E-state index is -3.21. The lowest BCUT2D eigenvalue weighted by Crippen LogP contribution is -2.45. The molecular formula is C6H7Cl4NO3S. The van der Waals surface area contributed by atoms with E-state index >= 15 is 0 Å². The first-order chi connectivity index (χ1) is 6.62. The second-order valence-corrected chi connectivity index (χ2v) is 8.17. The molecule has 0 aromatic carbocycles. The van der Waals surface area contributed by atoms with Crippen LogP contribution >= 0.6 is 46.4 Å². The Hall–Kier alpha value is 0.580. The van der Waals surface area contributed by atoms with Crippen LogP contribution in [0.1, 0.15) is 0 Å². The molecule has 9 heteroatoms. The van der Waals surface area contributed by atoms with Gasteiger partial charge in [-0.05, 0) is 0 Å². The van der Waals surface area contributed by atoms with Crippen LogP contribution in [0.4, 0.5) is 0 Å². The molecule has 1 aliphatic rings. The first kappa shape index (κ1) is 13.6. The zero-order valence-corrected chi connectivity index (χ0v) is 11.1. The largest absolute Gasteiger partial charge is 0.347 e. The maximum atomic E-state index is 11.2. The average molecular weight is 315 g/mol. The van der Waals surface area contributed by atoms with Gasteiger partial charge >= 0.3 is 0 Å². The van der Waals surface area contributed by atoms with Crippen LogP contribution in [0.2, 0.25) is 0 Å². The zero-order chi connectivity index (χ0) is 11.9. The number of sulfone groups is 1. The van der Waals surface area contributed by atoms with Crippen molar-refractivity contribution in [2.24, 2.45) is 0 Å². The van der Waals surface area contributed by atoms with Crippen LogP contribution in [0.3, 0.4) is 0 Å². The molecule has 0 bridgehead atoms. The van der Waals surface area contributed by atoms with E-state index in [-0.39, 0.29) is 11.5 Å². The average Bonchev–Trinajstić information content (AvgIpc) is 2.22. The van der Waals surface area contributed by atoms with E-state index in [9.17, 15) is 13.2 Å². The van der Waals surface area contributed by atoms with Crippen molar-refractivity contribution >= 4 is 62.1 Å². The maximum absolute atomic E-state index is 11.2. The van der Waals surface area contributed by atoms with Crippen molar-refractivity contribution in [3.8, 4) is 0 Å². The highest BCUT2D eigenvalue weighted by atomic mass is 35.6. The summed E-state index contributed by atoms with van der Waals surface area (Å²) in [5.41, 5.74) is 0. The monoisotopic (exact) mass is 313 g/mol. The van der Waals surface area contributed by atoms with Crippen LogP contribution in [-0.2, 0) is 14.6 Å². The molecule has 0 saturated carbocycles. The van der Waals surface area contributed by atoms with E-state index in [0.29, 0.717) is 0 Å². The topological polar surface area (TPSA) is 63.2 Å².